The summed E-state index contributed by atoms with van der Waals surface area (Å²) in [4.78, 5) is 0.119. The van der Waals surface area contributed by atoms with Crippen LogP contribution in [-0.4, -0.2) is 14.2 Å². The van der Waals surface area contributed by atoms with Crippen molar-refractivity contribution in [3.8, 4) is 0 Å². The van der Waals surface area contributed by atoms with Crippen LogP contribution in [0.4, 0.5) is 5.69 Å². The second-order valence-corrected chi connectivity index (χ2v) is 6.59. The lowest BCUT2D eigenvalue weighted by Gasteiger charge is -2.12. The predicted octanol–water partition coefficient (Wildman–Crippen LogP) is 2.90. The van der Waals surface area contributed by atoms with E-state index < -0.39 is 10.0 Å². The Bertz CT molecular complexity index is 429. The van der Waals surface area contributed by atoms with Crippen molar-refractivity contribution in [1.29, 1.82) is 0 Å². The van der Waals surface area contributed by atoms with Crippen LogP contribution in [-0.2, 0) is 10.0 Å². The summed E-state index contributed by atoms with van der Waals surface area (Å²) in [7, 11) is -3.20. The SMILES string of the molecule is CCS(=O)(=O)Nc1ccccc1C(C)Br. The van der Waals surface area contributed by atoms with E-state index in [4.69, 9.17) is 0 Å². The molecule has 0 saturated heterocycles. The van der Waals surface area contributed by atoms with E-state index in [2.05, 4.69) is 20.7 Å². The highest BCUT2D eigenvalue weighted by molar-refractivity contribution is 9.09. The quantitative estimate of drug-likeness (QED) is 0.867. The Morgan fingerprint density at radius 3 is 2.53 bits per heavy atom. The summed E-state index contributed by atoms with van der Waals surface area (Å²) < 4.78 is 25.4. The number of alkyl halides is 1. The molecule has 0 heterocycles. The third-order valence-corrected chi connectivity index (χ3v) is 3.82. The fourth-order valence-corrected chi connectivity index (χ4v) is 2.24. The molecule has 0 aromatic heterocycles. The van der Waals surface area contributed by atoms with Gasteiger partial charge in [-0.15, -0.1) is 0 Å². The largest absolute Gasteiger partial charge is 0.283 e. The van der Waals surface area contributed by atoms with Crippen LogP contribution in [0.15, 0.2) is 24.3 Å². The average molecular weight is 292 g/mol. The van der Waals surface area contributed by atoms with Gasteiger partial charge in [0.1, 0.15) is 0 Å². The molecule has 0 amide bonds. The molecule has 0 spiro atoms. The van der Waals surface area contributed by atoms with Gasteiger partial charge in [0.25, 0.3) is 0 Å². The number of nitrogens with one attached hydrogen (secondary N) is 1. The van der Waals surface area contributed by atoms with Gasteiger partial charge in [0.15, 0.2) is 0 Å². The lowest BCUT2D eigenvalue weighted by atomic mass is 10.1. The molecule has 1 aromatic rings. The zero-order valence-electron chi connectivity index (χ0n) is 8.70. The zero-order valence-corrected chi connectivity index (χ0v) is 11.1. The summed E-state index contributed by atoms with van der Waals surface area (Å²) in [6, 6.07) is 7.36. The highest BCUT2D eigenvalue weighted by Gasteiger charge is 2.12. The summed E-state index contributed by atoms with van der Waals surface area (Å²) in [6.45, 7) is 3.57. The molecule has 0 aliphatic carbocycles. The Balaban J connectivity index is 3.05. The van der Waals surface area contributed by atoms with Crippen LogP contribution in [0.1, 0.15) is 24.2 Å². The van der Waals surface area contributed by atoms with E-state index in [1.54, 1.807) is 13.0 Å². The Morgan fingerprint density at radius 1 is 1.40 bits per heavy atom. The van der Waals surface area contributed by atoms with Crippen molar-refractivity contribution in [3.63, 3.8) is 0 Å². The molecule has 84 valence electrons. The molecule has 3 nitrogen and oxygen atoms in total. The number of anilines is 1. The van der Waals surface area contributed by atoms with E-state index in [1.807, 2.05) is 25.1 Å². The molecular weight excluding hydrogens is 278 g/mol. The van der Waals surface area contributed by atoms with Gasteiger partial charge in [0, 0.05) is 4.83 Å². The van der Waals surface area contributed by atoms with Gasteiger partial charge >= 0.3 is 0 Å². The van der Waals surface area contributed by atoms with Crippen LogP contribution in [0.25, 0.3) is 0 Å². The van der Waals surface area contributed by atoms with Crippen molar-refractivity contribution in [2.75, 3.05) is 10.5 Å². The molecule has 1 atom stereocenters. The normalized spacial score (nSPS) is 13.5. The highest BCUT2D eigenvalue weighted by Crippen LogP contribution is 2.29. The van der Waals surface area contributed by atoms with Crippen molar-refractivity contribution in [2.45, 2.75) is 18.7 Å². The second kappa shape index (κ2) is 4.99. The number of hydrogen-bond acceptors (Lipinski definition) is 2. The minimum absolute atomic E-state index is 0.0814. The van der Waals surface area contributed by atoms with Gasteiger partial charge in [0.2, 0.25) is 10.0 Å². The molecule has 0 radical (unpaired) electrons. The van der Waals surface area contributed by atoms with Crippen molar-refractivity contribution < 1.29 is 8.42 Å². The first-order chi connectivity index (χ1) is 6.96. The number of halogens is 1. The standard InChI is InChI=1S/C10H14BrNO2S/c1-3-15(13,14)12-10-7-5-4-6-9(10)8(2)11/h4-8,12H,3H2,1-2H3. The van der Waals surface area contributed by atoms with Crippen molar-refractivity contribution in [2.24, 2.45) is 0 Å². The van der Waals surface area contributed by atoms with Crippen LogP contribution in [0.5, 0.6) is 0 Å². The van der Waals surface area contributed by atoms with Crippen molar-refractivity contribution >= 4 is 31.6 Å². The fourth-order valence-electron chi connectivity index (χ4n) is 1.18. The molecule has 1 rings (SSSR count). The maximum atomic E-state index is 11.4. The van der Waals surface area contributed by atoms with E-state index in [0.29, 0.717) is 5.69 Å². The Labute approximate surface area is 99.1 Å². The second-order valence-electron chi connectivity index (χ2n) is 3.21. The Morgan fingerprint density at radius 2 is 2.00 bits per heavy atom. The summed E-state index contributed by atoms with van der Waals surface area (Å²) >= 11 is 3.43. The molecular formula is C10H14BrNO2S. The molecule has 0 bridgehead atoms. The molecule has 1 unspecified atom stereocenters. The summed E-state index contributed by atoms with van der Waals surface area (Å²) in [5.41, 5.74) is 1.58. The van der Waals surface area contributed by atoms with E-state index in [0.717, 1.165) is 5.56 Å². The maximum Gasteiger partial charge on any atom is 0.232 e. The van der Waals surface area contributed by atoms with E-state index in [9.17, 15) is 8.42 Å². The molecule has 1 aromatic carbocycles. The van der Waals surface area contributed by atoms with Gasteiger partial charge in [-0.3, -0.25) is 4.72 Å². The fraction of sp³-hybridized carbons (Fsp3) is 0.400. The maximum absolute atomic E-state index is 11.4. The van der Waals surface area contributed by atoms with Crippen LogP contribution in [0.2, 0.25) is 0 Å². The van der Waals surface area contributed by atoms with Crippen molar-refractivity contribution in [1.82, 2.24) is 0 Å². The van der Waals surface area contributed by atoms with Crippen LogP contribution >= 0.6 is 15.9 Å². The molecule has 0 fully saturated rings. The number of sulfonamides is 1. The van der Waals surface area contributed by atoms with Gasteiger partial charge < -0.3 is 0 Å². The third kappa shape index (κ3) is 3.50. The smallest absolute Gasteiger partial charge is 0.232 e. The third-order valence-electron chi connectivity index (χ3n) is 2.03. The summed E-state index contributed by atoms with van der Waals surface area (Å²) in [5.74, 6) is 0.0814. The number of benzene rings is 1. The first-order valence-electron chi connectivity index (χ1n) is 4.69. The van der Waals surface area contributed by atoms with Gasteiger partial charge in [0.05, 0.1) is 11.4 Å². The average Bonchev–Trinajstić information content (AvgIpc) is 2.18. The summed E-state index contributed by atoms with van der Waals surface area (Å²) in [5, 5.41) is 0. The lowest BCUT2D eigenvalue weighted by Crippen LogP contribution is -2.15. The molecule has 0 saturated carbocycles. The van der Waals surface area contributed by atoms with Gasteiger partial charge in [-0.05, 0) is 25.5 Å². The van der Waals surface area contributed by atoms with Crippen LogP contribution < -0.4 is 4.72 Å². The van der Waals surface area contributed by atoms with Crippen molar-refractivity contribution in [3.05, 3.63) is 29.8 Å². The van der Waals surface area contributed by atoms with Gasteiger partial charge in [-0.25, -0.2) is 8.42 Å². The van der Waals surface area contributed by atoms with E-state index >= 15 is 0 Å². The molecule has 0 aliphatic rings. The first-order valence-corrected chi connectivity index (χ1v) is 7.26. The van der Waals surface area contributed by atoms with Crippen LogP contribution in [0.3, 0.4) is 0 Å². The summed E-state index contributed by atoms with van der Waals surface area (Å²) in [6.07, 6.45) is 0. The van der Waals surface area contributed by atoms with Gasteiger partial charge in [-0.1, -0.05) is 34.1 Å². The zero-order chi connectivity index (χ0) is 11.5. The minimum Gasteiger partial charge on any atom is -0.283 e. The molecule has 15 heavy (non-hydrogen) atoms. The molecule has 5 heteroatoms. The van der Waals surface area contributed by atoms with E-state index in [1.165, 1.54) is 0 Å². The van der Waals surface area contributed by atoms with E-state index in [-0.39, 0.29) is 10.6 Å². The highest BCUT2D eigenvalue weighted by atomic mass is 79.9. The monoisotopic (exact) mass is 291 g/mol. The minimum atomic E-state index is -3.20. The van der Waals surface area contributed by atoms with Gasteiger partial charge in [-0.2, -0.15) is 0 Å². The molecule has 1 N–H and O–H groups in total. The lowest BCUT2D eigenvalue weighted by molar-refractivity contribution is 0.602. The Kier molecular flexibility index (Phi) is 4.16. The Hall–Kier alpha value is -0.550. The number of para-hydroxylation sites is 1. The predicted molar refractivity (Wildman–Crippen MR) is 66.9 cm³/mol. The number of hydrogen-bond donors (Lipinski definition) is 1. The topological polar surface area (TPSA) is 46.2 Å². The van der Waals surface area contributed by atoms with Crippen LogP contribution in [0, 0.1) is 0 Å². The number of rotatable bonds is 4. The molecule has 0 aliphatic heterocycles. The first kappa shape index (κ1) is 12.5.